The van der Waals surface area contributed by atoms with Gasteiger partial charge in [0.15, 0.2) is 44.0 Å². The van der Waals surface area contributed by atoms with Gasteiger partial charge in [-0.3, -0.25) is 19.2 Å². The first-order valence-electron chi connectivity index (χ1n) is 29.8. The third-order valence-corrected chi connectivity index (χ3v) is 16.7. The van der Waals surface area contributed by atoms with E-state index in [0.29, 0.717) is 0 Å². The molecule has 0 aromatic rings. The number of amides is 4. The summed E-state index contributed by atoms with van der Waals surface area (Å²) in [5, 5.41) is 227. The van der Waals surface area contributed by atoms with Crippen molar-refractivity contribution in [3.63, 3.8) is 0 Å². The molecule has 7 aliphatic heterocycles. The topological polar surface area (TPSA) is 650 Å². The number of nitrogens with one attached hydrogen (secondary N) is 4. The summed E-state index contributed by atoms with van der Waals surface area (Å²) in [6.07, 6.45) is -61.2. The van der Waals surface area contributed by atoms with Gasteiger partial charge in [0.05, 0.1) is 65.5 Å². The largest absolute Gasteiger partial charge is 0.394 e. The van der Waals surface area contributed by atoms with Crippen LogP contribution in [0, 0.1) is 0 Å². The normalized spacial score (nSPS) is 46.4. The van der Waals surface area contributed by atoms with Crippen LogP contribution < -0.4 is 21.3 Å². The average Bonchev–Trinajstić information content (AvgIpc) is 0.787. The summed E-state index contributed by atoms with van der Waals surface area (Å²) in [5.41, 5.74) is 0. The predicted molar refractivity (Wildman–Crippen MR) is 290 cm³/mol. The van der Waals surface area contributed by atoms with E-state index in [-0.39, 0.29) is 6.41 Å². The lowest BCUT2D eigenvalue weighted by Crippen LogP contribution is -2.70. The van der Waals surface area contributed by atoms with Gasteiger partial charge in [0.25, 0.3) is 0 Å². The molecule has 7 heterocycles. The quantitative estimate of drug-likeness (QED) is 0.0324. The molecular formula is C52H88N4O38. The molecule has 24 N–H and O–H groups in total. The zero-order chi connectivity index (χ0) is 69.3. The van der Waals surface area contributed by atoms with Crippen molar-refractivity contribution in [2.75, 3.05) is 59.5 Å². The Bertz CT molecular complexity index is 2370. The fraction of sp³-hybridized carbons (Fsp3) is 0.923. The van der Waals surface area contributed by atoms with Crippen molar-refractivity contribution in [3.8, 4) is 0 Å². The number of hydrogen-bond donors (Lipinski definition) is 24. The summed E-state index contributed by atoms with van der Waals surface area (Å²) in [7, 11) is 0. The van der Waals surface area contributed by atoms with E-state index in [1.807, 2.05) is 0 Å². The first kappa shape index (κ1) is 77.9. The van der Waals surface area contributed by atoms with Gasteiger partial charge in [0.1, 0.15) is 171 Å². The minimum absolute atomic E-state index is 0.268. The minimum Gasteiger partial charge on any atom is -0.394 e. The third-order valence-electron chi connectivity index (χ3n) is 16.7. The second-order valence-corrected chi connectivity index (χ2v) is 23.3. The lowest BCUT2D eigenvalue weighted by molar-refractivity contribution is -0.382. The molecule has 0 unspecified atom stereocenters. The number of aliphatic hydroxyl groups excluding tert-OH is 20. The summed E-state index contributed by atoms with van der Waals surface area (Å²) in [6.45, 7) is -4.92. The van der Waals surface area contributed by atoms with Gasteiger partial charge in [-0.1, -0.05) is 0 Å². The molecule has 0 aromatic heterocycles. The Labute approximate surface area is 533 Å². The summed E-state index contributed by atoms with van der Waals surface area (Å²) in [4.78, 5) is 48.4. The van der Waals surface area contributed by atoms with Crippen LogP contribution in [-0.2, 0) is 85.5 Å². The fourth-order valence-corrected chi connectivity index (χ4v) is 11.7. The average molecular weight is 1380 g/mol. The minimum atomic E-state index is -2.22. The van der Waals surface area contributed by atoms with Gasteiger partial charge in [0, 0.05) is 20.8 Å². The smallest absolute Gasteiger partial charge is 0.217 e. The van der Waals surface area contributed by atoms with Crippen LogP contribution in [0.5, 0.6) is 0 Å². The van der Waals surface area contributed by atoms with Crippen molar-refractivity contribution in [1.82, 2.24) is 21.3 Å². The Morgan fingerprint density at radius 2 is 0.681 bits per heavy atom. The van der Waals surface area contributed by atoms with Crippen LogP contribution in [0.25, 0.3) is 0 Å². The molecule has 0 aliphatic carbocycles. The zero-order valence-corrected chi connectivity index (χ0v) is 50.5. The van der Waals surface area contributed by atoms with Crippen LogP contribution >= 0.6 is 0 Å². The Balaban J connectivity index is 1.03. The molecular weight excluding hydrogens is 1290 g/mol. The molecule has 36 atom stereocenters. The lowest BCUT2D eigenvalue weighted by atomic mass is 9.94. The molecule has 42 heteroatoms. The molecule has 7 aliphatic rings. The van der Waals surface area contributed by atoms with Crippen molar-refractivity contribution < 1.29 is 188 Å². The van der Waals surface area contributed by atoms with E-state index in [0.717, 1.165) is 20.8 Å². The number of aliphatic hydroxyl groups is 20. The number of ether oxygens (including phenoxy) is 14. The van der Waals surface area contributed by atoms with Gasteiger partial charge < -0.3 is 190 Å². The number of rotatable bonds is 28. The van der Waals surface area contributed by atoms with Crippen molar-refractivity contribution in [3.05, 3.63) is 0 Å². The highest BCUT2D eigenvalue weighted by atomic mass is 16.8. The molecule has 544 valence electrons. The van der Waals surface area contributed by atoms with Crippen molar-refractivity contribution in [1.29, 1.82) is 0 Å². The molecule has 0 bridgehead atoms. The van der Waals surface area contributed by atoms with Gasteiger partial charge in [-0.25, -0.2) is 0 Å². The third kappa shape index (κ3) is 17.7. The van der Waals surface area contributed by atoms with E-state index in [4.69, 9.17) is 66.3 Å². The molecule has 0 aromatic carbocycles. The van der Waals surface area contributed by atoms with E-state index in [9.17, 15) is 121 Å². The van der Waals surface area contributed by atoms with Gasteiger partial charge in [-0.2, -0.15) is 0 Å². The highest BCUT2D eigenvalue weighted by Gasteiger charge is 2.59. The van der Waals surface area contributed by atoms with E-state index in [1.165, 1.54) is 0 Å². The van der Waals surface area contributed by atoms with Crippen LogP contribution in [0.1, 0.15) is 20.8 Å². The first-order chi connectivity index (χ1) is 44.6. The van der Waals surface area contributed by atoms with E-state index in [1.54, 1.807) is 0 Å². The van der Waals surface area contributed by atoms with E-state index in [2.05, 4.69) is 21.3 Å². The van der Waals surface area contributed by atoms with Crippen LogP contribution in [0.4, 0.5) is 0 Å². The molecule has 42 nitrogen and oxygen atoms in total. The van der Waals surface area contributed by atoms with E-state index >= 15 is 0 Å². The van der Waals surface area contributed by atoms with Crippen LogP contribution in [0.15, 0.2) is 0 Å². The predicted octanol–water partition coefficient (Wildman–Crippen LogP) is -16.7. The monoisotopic (exact) mass is 1380 g/mol. The molecule has 0 radical (unpaired) electrons. The van der Waals surface area contributed by atoms with Crippen LogP contribution in [-0.4, -0.2) is 407 Å². The standard InChI is InChI=1S/C52H88N4O38/c1-14(65)54-25-32(72)28(68)18(5-58)83-47(25)93-44-30(70)19(6-59)84-51(39(44)79)91-41-21(8-61)86-46(26(33(41)73)55-15(2)66)82-12-24-29(69)35(75)37(77)50(89-24)90-42-22(9-62)87-48(27(34(42)74)56-16(3)67)94-45-31(71)20(7-60)85-52(40(45)80)92-43-23(10-63)88-49(38(78)36(43)76)81-11-17(4-57)53-13-64/h13,17-52,57-63,68-80H,4-12H2,1-3H3,(H,53,64)(H,54,65)(H,55,66)(H,56,67)/t17-,18-,19-,20-,21-,22-,23-,24-,25-,26-,27-,28-,29+,30+,31+,32-,33-,34-,35+,36-,37-,38-,39-,40-,41-,42-,43-,44+,45+,46-,47+,48+,49-,50+,51+,52+/m1/s1. The summed E-state index contributed by atoms with van der Waals surface area (Å²) < 4.78 is 80.8. The highest BCUT2D eigenvalue weighted by Crippen LogP contribution is 2.37. The first-order valence-corrected chi connectivity index (χ1v) is 29.8. The molecule has 7 saturated heterocycles. The molecule has 94 heavy (non-hydrogen) atoms. The number of hydrogen-bond acceptors (Lipinski definition) is 38. The van der Waals surface area contributed by atoms with Gasteiger partial charge in [-0.15, -0.1) is 0 Å². The SMILES string of the molecule is CC(=O)N[C@H]1[C@H](O[C@H]2[C@@H](O)[C@@H](CO)O[C@@H](O[C@H]3[C@H](O)[C@@H](O)[C@H](OC[C@@H](CO)NC=O)O[C@@H]3CO)[C@@H]2O)O[C@H](CO)[C@@H](O[C@@H]2O[C@H](CO[C@@H]3O[C@H](CO)[C@@H](O[C@@H]4O[C@H](CO)[C@H](O)[C@H](O[C@@H]5O[C@H](CO)[C@@H](O)[C@H](O)[C@H]5NC(C)=O)[C@H]4O)[C@H](O)[C@H]3NC(C)=O)[C@H](O)[C@H](O)[C@H]2O)[C@@H]1O. The van der Waals surface area contributed by atoms with Crippen LogP contribution in [0.2, 0.25) is 0 Å². The summed E-state index contributed by atoms with van der Waals surface area (Å²) >= 11 is 0. The number of carbonyl (C=O) groups is 4. The Morgan fingerprint density at radius 1 is 0.351 bits per heavy atom. The second-order valence-electron chi connectivity index (χ2n) is 23.3. The Morgan fingerprint density at radius 3 is 1.11 bits per heavy atom. The lowest BCUT2D eigenvalue weighted by Gasteiger charge is -2.50. The molecule has 7 rings (SSSR count). The maximum atomic E-state index is 12.7. The molecule has 0 spiro atoms. The van der Waals surface area contributed by atoms with E-state index < -0.39 is 298 Å². The Hall–Kier alpha value is -3.48. The molecule has 7 fully saturated rings. The number of carbonyl (C=O) groups excluding carboxylic acids is 4. The summed E-state index contributed by atoms with van der Waals surface area (Å²) in [5.74, 6) is -2.49. The van der Waals surface area contributed by atoms with Crippen molar-refractivity contribution in [2.24, 2.45) is 0 Å². The fourth-order valence-electron chi connectivity index (χ4n) is 11.7. The van der Waals surface area contributed by atoms with Crippen molar-refractivity contribution >= 4 is 24.1 Å². The maximum absolute atomic E-state index is 12.7. The second kappa shape index (κ2) is 35.0. The Kier molecular flexibility index (Phi) is 29.0. The van der Waals surface area contributed by atoms with Crippen molar-refractivity contribution in [2.45, 2.75) is 242 Å². The van der Waals surface area contributed by atoms with Gasteiger partial charge in [-0.05, 0) is 0 Å². The molecule has 4 amide bonds. The van der Waals surface area contributed by atoms with Crippen LogP contribution in [0.3, 0.4) is 0 Å². The molecule has 0 saturated carbocycles. The highest BCUT2D eigenvalue weighted by molar-refractivity contribution is 5.74. The maximum Gasteiger partial charge on any atom is 0.217 e. The summed E-state index contributed by atoms with van der Waals surface area (Å²) in [6, 6.07) is -6.14. The van der Waals surface area contributed by atoms with Gasteiger partial charge in [0.2, 0.25) is 24.1 Å². The van der Waals surface area contributed by atoms with Gasteiger partial charge >= 0.3 is 0 Å². The zero-order valence-electron chi connectivity index (χ0n) is 50.5.